The maximum Gasteiger partial charge on any atom is 0.119 e. The van der Waals surface area contributed by atoms with Crippen LogP contribution in [0.1, 0.15) is 31.4 Å². The molecule has 2 rings (SSSR count). The molecule has 0 saturated carbocycles. The number of rotatable bonds is 6. The molecular formula is C15H23NO2. The van der Waals surface area contributed by atoms with Crippen LogP contribution in [0, 0.1) is 0 Å². The second-order valence-corrected chi connectivity index (χ2v) is 5.31. The predicted octanol–water partition coefficient (Wildman–Crippen LogP) is 1.91. The van der Waals surface area contributed by atoms with Crippen LogP contribution in [0.5, 0.6) is 5.75 Å². The number of aryl methyl sites for hydroxylation is 2. The SMILES string of the molecule is CC(C)NC[C@@H](O)COc1ccc2c(c1)CCC2. The van der Waals surface area contributed by atoms with E-state index < -0.39 is 6.10 Å². The molecule has 18 heavy (non-hydrogen) atoms. The van der Waals surface area contributed by atoms with Crippen LogP contribution in [-0.2, 0) is 12.8 Å². The number of nitrogens with one attached hydrogen (secondary N) is 1. The maximum absolute atomic E-state index is 9.77. The van der Waals surface area contributed by atoms with E-state index in [9.17, 15) is 5.11 Å². The fourth-order valence-electron chi connectivity index (χ4n) is 2.26. The first-order valence-electron chi connectivity index (χ1n) is 6.81. The van der Waals surface area contributed by atoms with Crippen LogP contribution >= 0.6 is 0 Å². The average Bonchev–Trinajstić information content (AvgIpc) is 2.81. The van der Waals surface area contributed by atoms with Gasteiger partial charge in [0.25, 0.3) is 0 Å². The summed E-state index contributed by atoms with van der Waals surface area (Å²) in [4.78, 5) is 0. The van der Waals surface area contributed by atoms with Gasteiger partial charge in [-0.15, -0.1) is 0 Å². The van der Waals surface area contributed by atoms with E-state index >= 15 is 0 Å². The number of hydrogen-bond acceptors (Lipinski definition) is 3. The van der Waals surface area contributed by atoms with Gasteiger partial charge in [0.05, 0.1) is 0 Å². The number of hydrogen-bond donors (Lipinski definition) is 2. The normalized spacial score (nSPS) is 15.8. The van der Waals surface area contributed by atoms with Crippen LogP contribution < -0.4 is 10.1 Å². The largest absolute Gasteiger partial charge is 0.491 e. The Bertz CT molecular complexity index is 390. The topological polar surface area (TPSA) is 41.5 Å². The first kappa shape index (κ1) is 13.4. The number of benzene rings is 1. The van der Waals surface area contributed by atoms with Crippen LogP contribution in [0.3, 0.4) is 0 Å². The molecule has 3 heteroatoms. The summed E-state index contributed by atoms with van der Waals surface area (Å²) in [6.07, 6.45) is 3.14. The fourth-order valence-corrected chi connectivity index (χ4v) is 2.26. The quantitative estimate of drug-likeness (QED) is 0.809. The van der Waals surface area contributed by atoms with Crippen molar-refractivity contribution >= 4 is 0 Å². The van der Waals surface area contributed by atoms with Crippen molar-refractivity contribution in [3.63, 3.8) is 0 Å². The fraction of sp³-hybridized carbons (Fsp3) is 0.600. The van der Waals surface area contributed by atoms with Crippen molar-refractivity contribution in [1.82, 2.24) is 5.32 Å². The van der Waals surface area contributed by atoms with Crippen LogP contribution in [0.15, 0.2) is 18.2 Å². The summed E-state index contributed by atoms with van der Waals surface area (Å²) in [6, 6.07) is 6.66. The molecule has 100 valence electrons. The standard InChI is InChI=1S/C15H23NO2/c1-11(2)16-9-14(17)10-18-15-7-6-12-4-3-5-13(12)8-15/h6-8,11,14,16-17H,3-5,9-10H2,1-2H3/t14-/m1/s1. The van der Waals surface area contributed by atoms with Crippen LogP contribution in [0.4, 0.5) is 0 Å². The minimum Gasteiger partial charge on any atom is -0.491 e. The highest BCUT2D eigenvalue weighted by Gasteiger charge is 2.12. The Labute approximate surface area is 109 Å². The lowest BCUT2D eigenvalue weighted by Gasteiger charge is -2.15. The van der Waals surface area contributed by atoms with E-state index in [0.29, 0.717) is 19.2 Å². The van der Waals surface area contributed by atoms with Gasteiger partial charge in [0.2, 0.25) is 0 Å². The van der Waals surface area contributed by atoms with Gasteiger partial charge in [-0.05, 0) is 42.5 Å². The molecular weight excluding hydrogens is 226 g/mol. The lowest BCUT2D eigenvalue weighted by molar-refractivity contribution is 0.104. The van der Waals surface area contributed by atoms with Gasteiger partial charge in [0.15, 0.2) is 0 Å². The third kappa shape index (κ3) is 3.72. The van der Waals surface area contributed by atoms with Crippen molar-refractivity contribution in [2.75, 3.05) is 13.2 Å². The molecule has 0 amide bonds. The number of aliphatic hydroxyl groups excluding tert-OH is 1. The Morgan fingerprint density at radius 3 is 2.83 bits per heavy atom. The van der Waals surface area contributed by atoms with Crippen molar-refractivity contribution in [2.24, 2.45) is 0 Å². The minimum atomic E-state index is -0.458. The third-order valence-electron chi connectivity index (χ3n) is 3.27. The Balaban J connectivity index is 1.79. The van der Waals surface area contributed by atoms with E-state index in [4.69, 9.17) is 4.74 Å². The lowest BCUT2D eigenvalue weighted by Crippen LogP contribution is -2.35. The minimum absolute atomic E-state index is 0.346. The smallest absolute Gasteiger partial charge is 0.119 e. The zero-order valence-corrected chi connectivity index (χ0v) is 11.3. The summed E-state index contributed by atoms with van der Waals surface area (Å²) >= 11 is 0. The van der Waals surface area contributed by atoms with Crippen LogP contribution in [-0.4, -0.2) is 30.4 Å². The molecule has 1 aromatic rings. The highest BCUT2D eigenvalue weighted by atomic mass is 16.5. The summed E-state index contributed by atoms with van der Waals surface area (Å²) in [7, 11) is 0. The number of ether oxygens (including phenoxy) is 1. The highest BCUT2D eigenvalue weighted by Crippen LogP contribution is 2.25. The van der Waals surface area contributed by atoms with E-state index in [0.717, 1.165) is 12.2 Å². The van der Waals surface area contributed by atoms with Crippen molar-refractivity contribution in [3.8, 4) is 5.75 Å². The van der Waals surface area contributed by atoms with Gasteiger partial charge in [0, 0.05) is 12.6 Å². The lowest BCUT2D eigenvalue weighted by atomic mass is 10.1. The van der Waals surface area contributed by atoms with Crippen LogP contribution in [0.25, 0.3) is 0 Å². The van der Waals surface area contributed by atoms with Gasteiger partial charge >= 0.3 is 0 Å². The average molecular weight is 249 g/mol. The molecule has 1 aliphatic rings. The molecule has 2 N–H and O–H groups in total. The predicted molar refractivity (Wildman–Crippen MR) is 73.1 cm³/mol. The van der Waals surface area contributed by atoms with E-state index in [1.54, 1.807) is 0 Å². The third-order valence-corrected chi connectivity index (χ3v) is 3.27. The van der Waals surface area contributed by atoms with Crippen LogP contribution in [0.2, 0.25) is 0 Å². The monoisotopic (exact) mass is 249 g/mol. The van der Waals surface area contributed by atoms with Gasteiger partial charge in [-0.25, -0.2) is 0 Å². The van der Waals surface area contributed by atoms with Crippen molar-refractivity contribution < 1.29 is 9.84 Å². The Kier molecular flexibility index (Phi) is 4.61. The molecule has 0 heterocycles. The molecule has 0 saturated heterocycles. The van der Waals surface area contributed by atoms with Crippen molar-refractivity contribution in [2.45, 2.75) is 45.3 Å². The van der Waals surface area contributed by atoms with Gasteiger partial charge in [-0.3, -0.25) is 0 Å². The molecule has 1 aliphatic carbocycles. The van der Waals surface area contributed by atoms with Gasteiger partial charge < -0.3 is 15.2 Å². The maximum atomic E-state index is 9.77. The van der Waals surface area contributed by atoms with E-state index in [1.165, 1.54) is 24.0 Å². The van der Waals surface area contributed by atoms with E-state index in [-0.39, 0.29) is 0 Å². The second-order valence-electron chi connectivity index (χ2n) is 5.31. The second kappa shape index (κ2) is 6.21. The molecule has 3 nitrogen and oxygen atoms in total. The molecule has 1 aromatic carbocycles. The summed E-state index contributed by atoms with van der Waals surface area (Å²) < 4.78 is 5.64. The zero-order valence-electron chi connectivity index (χ0n) is 11.3. The summed E-state index contributed by atoms with van der Waals surface area (Å²) in [5.74, 6) is 0.874. The molecule has 0 aliphatic heterocycles. The van der Waals surface area contributed by atoms with Gasteiger partial charge in [-0.2, -0.15) is 0 Å². The number of aliphatic hydroxyl groups is 1. The molecule has 0 spiro atoms. The van der Waals surface area contributed by atoms with Gasteiger partial charge in [-0.1, -0.05) is 19.9 Å². The summed E-state index contributed by atoms with van der Waals surface area (Å²) in [6.45, 7) is 5.04. The zero-order chi connectivity index (χ0) is 13.0. The summed E-state index contributed by atoms with van der Waals surface area (Å²) in [5.41, 5.74) is 2.85. The molecule has 0 bridgehead atoms. The number of fused-ring (bicyclic) bond motifs is 1. The van der Waals surface area contributed by atoms with E-state index in [1.807, 2.05) is 6.07 Å². The van der Waals surface area contributed by atoms with E-state index in [2.05, 4.69) is 31.3 Å². The molecule has 0 radical (unpaired) electrons. The summed E-state index contributed by atoms with van der Waals surface area (Å²) in [5, 5.41) is 13.0. The Hall–Kier alpha value is -1.06. The Morgan fingerprint density at radius 1 is 1.28 bits per heavy atom. The Morgan fingerprint density at radius 2 is 2.06 bits per heavy atom. The van der Waals surface area contributed by atoms with Crippen molar-refractivity contribution in [3.05, 3.63) is 29.3 Å². The first-order valence-corrected chi connectivity index (χ1v) is 6.81. The van der Waals surface area contributed by atoms with Gasteiger partial charge in [0.1, 0.15) is 18.5 Å². The van der Waals surface area contributed by atoms with Crippen molar-refractivity contribution in [1.29, 1.82) is 0 Å². The first-order chi connectivity index (χ1) is 8.65. The highest BCUT2D eigenvalue weighted by molar-refractivity contribution is 5.38. The molecule has 0 aromatic heterocycles. The molecule has 0 unspecified atom stereocenters. The molecule has 0 fully saturated rings. The molecule has 1 atom stereocenters.